The standard InChI is InChI=1S/C9H10BN/c10-7-3-4-9(11)8(5-7)6-1-2-6/h3-6H,1-2,11H2. The molecule has 1 saturated carbocycles. The van der Waals surface area contributed by atoms with Gasteiger partial charge in [0, 0.05) is 5.69 Å². The van der Waals surface area contributed by atoms with Crippen LogP contribution in [0.25, 0.3) is 0 Å². The lowest BCUT2D eigenvalue weighted by atomic mass is 9.92. The molecule has 0 aliphatic heterocycles. The third-order valence-corrected chi connectivity index (χ3v) is 2.13. The lowest BCUT2D eigenvalue weighted by Crippen LogP contribution is -2.04. The maximum atomic E-state index is 5.77. The summed E-state index contributed by atoms with van der Waals surface area (Å²) < 4.78 is 0. The van der Waals surface area contributed by atoms with Crippen LogP contribution in [-0.4, -0.2) is 7.85 Å². The normalized spacial score (nSPS) is 16.7. The average Bonchev–Trinajstić information content (AvgIpc) is 2.76. The van der Waals surface area contributed by atoms with E-state index >= 15 is 0 Å². The molecule has 0 spiro atoms. The molecular formula is C9H10BN. The summed E-state index contributed by atoms with van der Waals surface area (Å²) in [5, 5.41) is 0. The summed E-state index contributed by atoms with van der Waals surface area (Å²) in [6.45, 7) is 0. The Hall–Kier alpha value is -0.915. The highest BCUT2D eigenvalue weighted by Crippen LogP contribution is 2.41. The second-order valence-electron chi connectivity index (χ2n) is 3.16. The maximum Gasteiger partial charge on any atom is 0.113 e. The minimum atomic E-state index is 0.693. The zero-order valence-corrected chi connectivity index (χ0v) is 6.38. The van der Waals surface area contributed by atoms with E-state index in [0.29, 0.717) is 5.92 Å². The quantitative estimate of drug-likeness (QED) is 0.459. The predicted molar refractivity (Wildman–Crippen MR) is 48.2 cm³/mol. The van der Waals surface area contributed by atoms with Gasteiger partial charge in [-0.25, -0.2) is 0 Å². The van der Waals surface area contributed by atoms with Crippen molar-refractivity contribution in [3.8, 4) is 0 Å². The minimum absolute atomic E-state index is 0.693. The predicted octanol–water partition coefficient (Wildman–Crippen LogP) is 0.940. The monoisotopic (exact) mass is 143 g/mol. The molecule has 1 aromatic carbocycles. The summed E-state index contributed by atoms with van der Waals surface area (Å²) in [6, 6.07) is 5.73. The Balaban J connectivity index is 2.42. The smallest absolute Gasteiger partial charge is 0.113 e. The van der Waals surface area contributed by atoms with E-state index in [1.54, 1.807) is 0 Å². The van der Waals surface area contributed by atoms with Gasteiger partial charge in [-0.05, 0) is 30.4 Å². The molecule has 0 bridgehead atoms. The summed E-state index contributed by atoms with van der Waals surface area (Å²) in [6.07, 6.45) is 2.54. The van der Waals surface area contributed by atoms with Crippen LogP contribution >= 0.6 is 0 Å². The summed E-state index contributed by atoms with van der Waals surface area (Å²) in [4.78, 5) is 0. The zero-order valence-electron chi connectivity index (χ0n) is 6.38. The molecule has 2 heteroatoms. The molecule has 0 unspecified atom stereocenters. The van der Waals surface area contributed by atoms with Crippen LogP contribution in [0, 0.1) is 0 Å². The van der Waals surface area contributed by atoms with Gasteiger partial charge in [-0.1, -0.05) is 17.6 Å². The molecule has 2 radical (unpaired) electrons. The average molecular weight is 143 g/mol. The Morgan fingerprint density at radius 3 is 2.73 bits per heavy atom. The fourth-order valence-electron chi connectivity index (χ4n) is 1.34. The Morgan fingerprint density at radius 2 is 2.09 bits per heavy atom. The van der Waals surface area contributed by atoms with Gasteiger partial charge in [-0.2, -0.15) is 0 Å². The number of hydrogen-bond acceptors (Lipinski definition) is 1. The van der Waals surface area contributed by atoms with Crippen LogP contribution in [0.15, 0.2) is 18.2 Å². The Labute approximate surface area is 68.0 Å². The van der Waals surface area contributed by atoms with Crippen LogP contribution in [-0.2, 0) is 0 Å². The molecule has 1 nitrogen and oxygen atoms in total. The lowest BCUT2D eigenvalue weighted by Gasteiger charge is -2.04. The van der Waals surface area contributed by atoms with Gasteiger partial charge in [0.05, 0.1) is 0 Å². The molecule has 2 rings (SSSR count). The van der Waals surface area contributed by atoms with Crippen molar-refractivity contribution in [3.63, 3.8) is 0 Å². The third kappa shape index (κ3) is 1.25. The van der Waals surface area contributed by atoms with Crippen molar-refractivity contribution < 1.29 is 0 Å². The van der Waals surface area contributed by atoms with Gasteiger partial charge in [-0.15, -0.1) is 0 Å². The molecule has 0 aromatic heterocycles. The SMILES string of the molecule is [B]c1ccc(N)c(C2CC2)c1. The van der Waals surface area contributed by atoms with E-state index in [2.05, 4.69) is 0 Å². The van der Waals surface area contributed by atoms with Crippen molar-refractivity contribution in [2.24, 2.45) is 0 Å². The van der Waals surface area contributed by atoms with Crippen LogP contribution in [0.2, 0.25) is 0 Å². The van der Waals surface area contributed by atoms with Gasteiger partial charge in [0.25, 0.3) is 0 Å². The zero-order chi connectivity index (χ0) is 7.84. The number of nitrogen functional groups attached to an aromatic ring is 1. The van der Waals surface area contributed by atoms with Crippen LogP contribution in [0.3, 0.4) is 0 Å². The van der Waals surface area contributed by atoms with Crippen LogP contribution < -0.4 is 11.2 Å². The molecule has 0 saturated heterocycles. The summed E-state index contributed by atoms with van der Waals surface area (Å²) in [5.41, 5.74) is 8.73. The molecule has 1 aliphatic rings. The second-order valence-corrected chi connectivity index (χ2v) is 3.16. The van der Waals surface area contributed by atoms with E-state index in [1.807, 2.05) is 18.2 Å². The molecular weight excluding hydrogens is 133 g/mol. The summed E-state index contributed by atoms with van der Waals surface area (Å²) >= 11 is 0. The Bertz CT molecular complexity index is 279. The first-order valence-electron chi connectivity index (χ1n) is 3.92. The van der Waals surface area contributed by atoms with E-state index < -0.39 is 0 Å². The highest BCUT2D eigenvalue weighted by molar-refractivity contribution is 6.32. The number of hydrogen-bond donors (Lipinski definition) is 1. The molecule has 1 aromatic rings. The largest absolute Gasteiger partial charge is 0.398 e. The van der Waals surface area contributed by atoms with Gasteiger partial charge in [0.2, 0.25) is 0 Å². The van der Waals surface area contributed by atoms with E-state index in [9.17, 15) is 0 Å². The van der Waals surface area contributed by atoms with Crippen molar-refractivity contribution in [2.75, 3.05) is 5.73 Å². The lowest BCUT2D eigenvalue weighted by molar-refractivity contribution is 1.14. The fraction of sp³-hybridized carbons (Fsp3) is 0.333. The molecule has 0 heterocycles. The van der Waals surface area contributed by atoms with Gasteiger partial charge >= 0.3 is 0 Å². The van der Waals surface area contributed by atoms with Crippen LogP contribution in [0.1, 0.15) is 24.3 Å². The molecule has 0 amide bonds. The molecule has 0 atom stereocenters. The van der Waals surface area contributed by atoms with E-state index in [4.69, 9.17) is 13.6 Å². The number of benzene rings is 1. The van der Waals surface area contributed by atoms with E-state index in [1.165, 1.54) is 18.4 Å². The Kier molecular flexibility index (Phi) is 1.41. The van der Waals surface area contributed by atoms with E-state index in [-0.39, 0.29) is 0 Å². The molecule has 2 N–H and O–H groups in total. The molecule has 54 valence electrons. The topological polar surface area (TPSA) is 26.0 Å². The number of anilines is 1. The van der Waals surface area contributed by atoms with Crippen LogP contribution in [0.4, 0.5) is 5.69 Å². The summed E-state index contributed by atoms with van der Waals surface area (Å²) in [5.74, 6) is 0.693. The second kappa shape index (κ2) is 2.30. The highest BCUT2D eigenvalue weighted by Gasteiger charge is 2.25. The number of rotatable bonds is 1. The van der Waals surface area contributed by atoms with Crippen molar-refractivity contribution >= 4 is 19.0 Å². The van der Waals surface area contributed by atoms with Crippen molar-refractivity contribution in [1.82, 2.24) is 0 Å². The maximum absolute atomic E-state index is 5.77. The highest BCUT2D eigenvalue weighted by atomic mass is 14.6. The first kappa shape index (κ1) is 6.77. The van der Waals surface area contributed by atoms with Crippen molar-refractivity contribution in [1.29, 1.82) is 0 Å². The van der Waals surface area contributed by atoms with Gasteiger partial charge in [0.15, 0.2) is 0 Å². The molecule has 11 heavy (non-hydrogen) atoms. The number of nitrogens with two attached hydrogens (primary N) is 1. The Morgan fingerprint density at radius 1 is 1.36 bits per heavy atom. The van der Waals surface area contributed by atoms with Gasteiger partial charge in [-0.3, -0.25) is 0 Å². The first-order valence-corrected chi connectivity index (χ1v) is 3.92. The van der Waals surface area contributed by atoms with Crippen LogP contribution in [0.5, 0.6) is 0 Å². The van der Waals surface area contributed by atoms with Crippen molar-refractivity contribution in [2.45, 2.75) is 18.8 Å². The van der Waals surface area contributed by atoms with Gasteiger partial charge < -0.3 is 5.73 Å². The molecule has 1 fully saturated rings. The minimum Gasteiger partial charge on any atom is -0.398 e. The third-order valence-electron chi connectivity index (χ3n) is 2.13. The van der Waals surface area contributed by atoms with E-state index in [0.717, 1.165) is 11.2 Å². The summed E-state index contributed by atoms with van der Waals surface area (Å²) in [7, 11) is 5.64. The molecule has 1 aliphatic carbocycles. The van der Waals surface area contributed by atoms with Crippen molar-refractivity contribution in [3.05, 3.63) is 23.8 Å². The first-order chi connectivity index (χ1) is 5.27. The fourth-order valence-corrected chi connectivity index (χ4v) is 1.34. The van der Waals surface area contributed by atoms with Gasteiger partial charge in [0.1, 0.15) is 7.85 Å².